The van der Waals surface area contributed by atoms with Crippen molar-refractivity contribution in [2.45, 2.75) is 40.2 Å². The largest absolute Gasteiger partial charge is 0.466 e. The van der Waals surface area contributed by atoms with Gasteiger partial charge in [0.05, 0.1) is 5.56 Å². The van der Waals surface area contributed by atoms with E-state index in [2.05, 4.69) is 29.4 Å². The molecule has 21 heavy (non-hydrogen) atoms. The van der Waals surface area contributed by atoms with Crippen LogP contribution in [0, 0.1) is 18.6 Å². The maximum absolute atomic E-state index is 12.1. The van der Waals surface area contributed by atoms with E-state index in [-0.39, 0.29) is 11.8 Å². The number of nitrogens with zero attached hydrogens (tertiary/aromatic N) is 2. The summed E-state index contributed by atoms with van der Waals surface area (Å²) >= 11 is 5.21. The highest BCUT2D eigenvalue weighted by molar-refractivity contribution is 7.71. The zero-order valence-electron chi connectivity index (χ0n) is 12.7. The minimum Gasteiger partial charge on any atom is -0.466 e. The van der Waals surface area contributed by atoms with Crippen LogP contribution in [0.1, 0.15) is 47.5 Å². The molecule has 2 heterocycles. The number of aryl methyl sites for hydroxylation is 2. The Balaban J connectivity index is 1.99. The Morgan fingerprint density at radius 3 is 2.81 bits per heavy atom. The second-order valence-corrected chi connectivity index (χ2v) is 5.66. The summed E-state index contributed by atoms with van der Waals surface area (Å²) in [7, 11) is 0. The SMILES string of the molecule is Cc1cc(C(=O)NCCn2c(C(C)C)n[nH]c2=S)c(C)o1. The van der Waals surface area contributed by atoms with E-state index in [9.17, 15) is 4.79 Å². The van der Waals surface area contributed by atoms with Crippen LogP contribution in [0.3, 0.4) is 0 Å². The van der Waals surface area contributed by atoms with Crippen molar-refractivity contribution in [1.82, 2.24) is 20.1 Å². The number of aromatic nitrogens is 3. The molecule has 6 nitrogen and oxygen atoms in total. The third kappa shape index (κ3) is 3.41. The van der Waals surface area contributed by atoms with Gasteiger partial charge in [-0.3, -0.25) is 9.89 Å². The average Bonchev–Trinajstić information content (AvgIpc) is 2.93. The highest BCUT2D eigenvalue weighted by atomic mass is 32.1. The van der Waals surface area contributed by atoms with E-state index < -0.39 is 0 Å². The van der Waals surface area contributed by atoms with E-state index in [4.69, 9.17) is 16.6 Å². The van der Waals surface area contributed by atoms with Crippen molar-refractivity contribution in [3.63, 3.8) is 0 Å². The summed E-state index contributed by atoms with van der Waals surface area (Å²) in [5, 5.41) is 9.87. The molecule has 0 atom stereocenters. The van der Waals surface area contributed by atoms with Crippen LogP contribution in [0.15, 0.2) is 10.5 Å². The van der Waals surface area contributed by atoms with Gasteiger partial charge in [-0.25, -0.2) is 0 Å². The molecule has 0 aromatic carbocycles. The summed E-state index contributed by atoms with van der Waals surface area (Å²) in [6.45, 7) is 8.78. The van der Waals surface area contributed by atoms with Crippen LogP contribution in [0.25, 0.3) is 0 Å². The highest BCUT2D eigenvalue weighted by Gasteiger charge is 2.14. The number of H-pyrrole nitrogens is 1. The van der Waals surface area contributed by atoms with Crippen LogP contribution in [0.2, 0.25) is 0 Å². The van der Waals surface area contributed by atoms with E-state index in [1.54, 1.807) is 13.0 Å². The van der Waals surface area contributed by atoms with E-state index >= 15 is 0 Å². The first kappa shape index (κ1) is 15.5. The Morgan fingerprint density at radius 2 is 2.24 bits per heavy atom. The predicted octanol–water partition coefficient (Wildman–Crippen LogP) is 2.70. The number of aromatic amines is 1. The van der Waals surface area contributed by atoms with Gasteiger partial charge in [0.25, 0.3) is 5.91 Å². The standard InChI is InChI=1S/C14H20N4O2S/c1-8(2)12-16-17-14(21)18(12)6-5-15-13(19)11-7-9(3)20-10(11)4/h7-8H,5-6H2,1-4H3,(H,15,19)(H,17,21). The predicted molar refractivity (Wildman–Crippen MR) is 82.0 cm³/mol. The molecular weight excluding hydrogens is 288 g/mol. The summed E-state index contributed by atoms with van der Waals surface area (Å²) in [5.74, 6) is 2.40. The van der Waals surface area contributed by atoms with Crippen LogP contribution in [0.5, 0.6) is 0 Å². The molecule has 0 aliphatic carbocycles. The van der Waals surface area contributed by atoms with Crippen LogP contribution in [0.4, 0.5) is 0 Å². The van der Waals surface area contributed by atoms with Crippen molar-refractivity contribution in [1.29, 1.82) is 0 Å². The van der Waals surface area contributed by atoms with Crippen LogP contribution >= 0.6 is 12.2 Å². The van der Waals surface area contributed by atoms with Crippen molar-refractivity contribution >= 4 is 18.1 Å². The summed E-state index contributed by atoms with van der Waals surface area (Å²) in [6, 6.07) is 1.74. The molecule has 7 heteroatoms. The molecule has 114 valence electrons. The molecule has 0 radical (unpaired) electrons. The lowest BCUT2D eigenvalue weighted by Crippen LogP contribution is -2.28. The average molecular weight is 308 g/mol. The number of rotatable bonds is 5. The number of hydrogen-bond acceptors (Lipinski definition) is 4. The van der Waals surface area contributed by atoms with Crippen molar-refractivity contribution in [2.75, 3.05) is 6.54 Å². The maximum Gasteiger partial charge on any atom is 0.254 e. The minimum absolute atomic E-state index is 0.134. The van der Waals surface area contributed by atoms with Gasteiger partial charge in [-0.1, -0.05) is 13.8 Å². The Morgan fingerprint density at radius 1 is 1.52 bits per heavy atom. The van der Waals surface area contributed by atoms with Crippen LogP contribution in [-0.4, -0.2) is 27.2 Å². The molecule has 0 saturated carbocycles. The van der Waals surface area contributed by atoms with Gasteiger partial charge in [0, 0.05) is 19.0 Å². The first-order valence-corrected chi connectivity index (χ1v) is 7.31. The number of furan rings is 1. The maximum atomic E-state index is 12.1. The van der Waals surface area contributed by atoms with E-state index in [1.165, 1.54) is 0 Å². The lowest BCUT2D eigenvalue weighted by molar-refractivity contribution is 0.0950. The van der Waals surface area contributed by atoms with E-state index in [0.29, 0.717) is 29.2 Å². The van der Waals surface area contributed by atoms with Crippen molar-refractivity contribution in [3.05, 3.63) is 33.7 Å². The molecular formula is C14H20N4O2S. The third-order valence-electron chi connectivity index (χ3n) is 3.21. The fourth-order valence-electron chi connectivity index (χ4n) is 2.22. The molecule has 2 rings (SSSR count). The highest BCUT2D eigenvalue weighted by Crippen LogP contribution is 2.13. The molecule has 2 N–H and O–H groups in total. The zero-order valence-corrected chi connectivity index (χ0v) is 13.5. The molecule has 2 aromatic heterocycles. The molecule has 0 fully saturated rings. The molecule has 0 aliphatic heterocycles. The van der Waals surface area contributed by atoms with E-state index in [1.807, 2.05) is 11.5 Å². The van der Waals surface area contributed by atoms with Crippen LogP contribution < -0.4 is 5.32 Å². The van der Waals surface area contributed by atoms with Gasteiger partial charge in [0.15, 0.2) is 4.77 Å². The Bertz CT molecular complexity index is 696. The molecule has 0 saturated heterocycles. The molecule has 0 unspecified atom stereocenters. The Labute approximate surface area is 128 Å². The quantitative estimate of drug-likeness (QED) is 0.833. The van der Waals surface area contributed by atoms with Crippen LogP contribution in [-0.2, 0) is 6.54 Å². The second kappa shape index (κ2) is 6.26. The Hall–Kier alpha value is -1.89. The van der Waals surface area contributed by atoms with Gasteiger partial charge in [-0.05, 0) is 32.1 Å². The lowest BCUT2D eigenvalue weighted by atomic mass is 10.2. The first-order chi connectivity index (χ1) is 9.90. The van der Waals surface area contributed by atoms with Crippen molar-refractivity contribution < 1.29 is 9.21 Å². The zero-order chi connectivity index (χ0) is 15.6. The van der Waals surface area contributed by atoms with Gasteiger partial charge >= 0.3 is 0 Å². The van der Waals surface area contributed by atoms with Crippen molar-refractivity contribution in [2.24, 2.45) is 0 Å². The summed E-state index contributed by atoms with van der Waals surface area (Å²) in [5.41, 5.74) is 0.576. The Kier molecular flexibility index (Phi) is 4.62. The van der Waals surface area contributed by atoms with E-state index in [0.717, 1.165) is 11.6 Å². The number of carbonyl (C=O) groups is 1. The number of nitrogens with one attached hydrogen (secondary N) is 2. The van der Waals surface area contributed by atoms with Crippen molar-refractivity contribution in [3.8, 4) is 0 Å². The summed E-state index contributed by atoms with van der Waals surface area (Å²) < 4.78 is 7.84. The monoisotopic (exact) mass is 308 g/mol. The molecule has 0 aliphatic rings. The number of amides is 1. The van der Waals surface area contributed by atoms with Gasteiger partial charge in [0.1, 0.15) is 17.3 Å². The fraction of sp³-hybridized carbons (Fsp3) is 0.500. The summed E-state index contributed by atoms with van der Waals surface area (Å²) in [6.07, 6.45) is 0. The fourth-order valence-corrected chi connectivity index (χ4v) is 2.45. The van der Waals surface area contributed by atoms with Gasteiger partial charge in [0.2, 0.25) is 0 Å². The van der Waals surface area contributed by atoms with Gasteiger partial charge < -0.3 is 14.3 Å². The first-order valence-electron chi connectivity index (χ1n) is 6.90. The van der Waals surface area contributed by atoms with Gasteiger partial charge in [-0.15, -0.1) is 0 Å². The second-order valence-electron chi connectivity index (χ2n) is 5.28. The normalized spacial score (nSPS) is 11.1. The molecule has 2 aromatic rings. The topological polar surface area (TPSA) is 75.8 Å². The molecule has 0 spiro atoms. The molecule has 0 bridgehead atoms. The smallest absolute Gasteiger partial charge is 0.254 e. The third-order valence-corrected chi connectivity index (χ3v) is 3.52. The minimum atomic E-state index is -0.134. The molecule has 1 amide bonds. The summed E-state index contributed by atoms with van der Waals surface area (Å²) in [4.78, 5) is 12.1. The number of carbonyl (C=O) groups excluding carboxylic acids is 1. The van der Waals surface area contributed by atoms with Gasteiger partial charge in [-0.2, -0.15) is 5.10 Å². The number of hydrogen-bond donors (Lipinski definition) is 2. The lowest BCUT2D eigenvalue weighted by Gasteiger charge is -2.09.